The Balaban J connectivity index is 1.84. The van der Waals surface area contributed by atoms with Gasteiger partial charge in [-0.3, -0.25) is 4.99 Å². The van der Waals surface area contributed by atoms with Crippen LogP contribution in [0.5, 0.6) is 5.75 Å². The van der Waals surface area contributed by atoms with Crippen molar-refractivity contribution in [3.63, 3.8) is 0 Å². The highest BCUT2D eigenvalue weighted by atomic mass is 28.4. The van der Waals surface area contributed by atoms with Crippen molar-refractivity contribution in [2.45, 2.75) is 32.6 Å². The van der Waals surface area contributed by atoms with Crippen LogP contribution in [0.1, 0.15) is 24.1 Å². The van der Waals surface area contributed by atoms with E-state index in [9.17, 15) is 0 Å². The zero-order valence-corrected chi connectivity index (χ0v) is 16.5. The lowest BCUT2D eigenvalue weighted by Gasteiger charge is -2.22. The Morgan fingerprint density at radius 1 is 1.16 bits per heavy atom. The van der Waals surface area contributed by atoms with Crippen LogP contribution >= 0.6 is 0 Å². The summed E-state index contributed by atoms with van der Waals surface area (Å²) in [5, 5.41) is 0. The Labute approximate surface area is 150 Å². The van der Waals surface area contributed by atoms with E-state index >= 15 is 0 Å². The first-order valence-electron chi connectivity index (χ1n) is 8.56. The van der Waals surface area contributed by atoms with Crippen LogP contribution in [0.4, 0.5) is 0 Å². The predicted octanol–water partition coefficient (Wildman–Crippen LogP) is 4.97. The van der Waals surface area contributed by atoms with Gasteiger partial charge in [0.1, 0.15) is 5.75 Å². The molecule has 1 unspecified atom stereocenters. The third-order valence-corrected chi connectivity index (χ3v) is 4.81. The van der Waals surface area contributed by atoms with Crippen molar-refractivity contribution < 1.29 is 4.43 Å². The molecule has 0 amide bonds. The number of fused-ring (bicyclic) bond motifs is 1. The Bertz CT molecular complexity index is 909. The van der Waals surface area contributed by atoms with Crippen molar-refractivity contribution in [3.05, 3.63) is 59.9 Å². The quantitative estimate of drug-likeness (QED) is 0.481. The van der Waals surface area contributed by atoms with Gasteiger partial charge < -0.3 is 8.99 Å². The van der Waals surface area contributed by atoms with Crippen LogP contribution in [-0.2, 0) is 7.05 Å². The summed E-state index contributed by atoms with van der Waals surface area (Å²) in [5.41, 5.74) is 4.31. The molecule has 0 aliphatic carbocycles. The maximum absolute atomic E-state index is 6.22. The van der Waals surface area contributed by atoms with Gasteiger partial charge in [-0.1, -0.05) is 24.3 Å². The smallest absolute Gasteiger partial charge is 0.242 e. The number of nitrogens with zero attached hydrogens (tertiary/aromatic N) is 3. The van der Waals surface area contributed by atoms with Gasteiger partial charge in [-0.15, -0.1) is 0 Å². The number of aliphatic imine (C=N–C) groups is 1. The third-order valence-electron chi connectivity index (χ3n) is 3.98. The normalized spacial score (nSPS) is 13.5. The lowest BCUT2D eigenvalue weighted by Crippen LogP contribution is -2.29. The van der Waals surface area contributed by atoms with Gasteiger partial charge in [0.25, 0.3) is 0 Å². The van der Waals surface area contributed by atoms with Gasteiger partial charge in [0.05, 0.1) is 23.4 Å². The molecule has 4 nitrogen and oxygen atoms in total. The zero-order valence-electron chi connectivity index (χ0n) is 15.5. The summed E-state index contributed by atoms with van der Waals surface area (Å²) < 4.78 is 8.24. The average molecular weight is 352 g/mol. The molecule has 3 aromatic rings. The van der Waals surface area contributed by atoms with Crippen LogP contribution in [0, 0.1) is 0 Å². The van der Waals surface area contributed by atoms with Gasteiger partial charge in [-0.2, -0.15) is 0 Å². The molecular weight excluding hydrogens is 326 g/mol. The van der Waals surface area contributed by atoms with Crippen molar-refractivity contribution in [1.82, 2.24) is 9.55 Å². The van der Waals surface area contributed by atoms with Gasteiger partial charge in [0.15, 0.2) is 0 Å². The van der Waals surface area contributed by atoms with E-state index in [4.69, 9.17) is 9.42 Å². The zero-order chi connectivity index (χ0) is 18.0. The fraction of sp³-hybridized carbons (Fsp3) is 0.300. The molecule has 1 atom stereocenters. The SMILES string of the molecule is CC(N=Cc1ccc2ncn(C)c2c1)c1ccccc1O[Si](C)(C)C. The fourth-order valence-corrected chi connectivity index (χ4v) is 3.60. The second-order valence-corrected chi connectivity index (χ2v) is 11.7. The first kappa shape index (κ1) is 17.4. The molecule has 0 radical (unpaired) electrons. The molecule has 0 fully saturated rings. The second kappa shape index (κ2) is 6.84. The maximum Gasteiger partial charge on any atom is 0.242 e. The molecular formula is C20H25N3OSi. The molecule has 0 spiro atoms. The van der Waals surface area contributed by atoms with E-state index in [1.54, 1.807) is 0 Å². The van der Waals surface area contributed by atoms with E-state index in [0.717, 1.165) is 27.9 Å². The van der Waals surface area contributed by atoms with Crippen molar-refractivity contribution >= 4 is 25.6 Å². The number of aromatic nitrogens is 2. The monoisotopic (exact) mass is 351 g/mol. The van der Waals surface area contributed by atoms with Crippen LogP contribution in [0.3, 0.4) is 0 Å². The highest BCUT2D eigenvalue weighted by molar-refractivity contribution is 6.70. The molecule has 0 N–H and O–H groups in total. The van der Waals surface area contributed by atoms with Crippen LogP contribution < -0.4 is 4.43 Å². The van der Waals surface area contributed by atoms with Crippen molar-refractivity contribution in [1.29, 1.82) is 0 Å². The van der Waals surface area contributed by atoms with Crippen molar-refractivity contribution in [3.8, 4) is 5.75 Å². The molecule has 0 bridgehead atoms. The first-order valence-corrected chi connectivity index (χ1v) is 12.0. The third kappa shape index (κ3) is 4.17. The van der Waals surface area contributed by atoms with E-state index in [0.29, 0.717) is 0 Å². The summed E-state index contributed by atoms with van der Waals surface area (Å²) in [6, 6.07) is 14.4. The summed E-state index contributed by atoms with van der Waals surface area (Å²) >= 11 is 0. The summed E-state index contributed by atoms with van der Waals surface area (Å²) in [5.74, 6) is 0.952. The van der Waals surface area contributed by atoms with Gasteiger partial charge in [-0.25, -0.2) is 4.98 Å². The highest BCUT2D eigenvalue weighted by Gasteiger charge is 2.19. The summed E-state index contributed by atoms with van der Waals surface area (Å²) in [4.78, 5) is 9.11. The molecule has 0 saturated carbocycles. The molecule has 0 aliphatic heterocycles. The standard InChI is InChI=1S/C20H25N3OSi/c1-15(17-8-6-7-9-20(17)24-25(3,4)5)21-13-16-10-11-18-19(12-16)23(2)14-22-18/h6-15H,1-5H3. The first-order chi connectivity index (χ1) is 11.8. The number of hydrogen-bond acceptors (Lipinski definition) is 3. The molecule has 2 aromatic carbocycles. The molecule has 130 valence electrons. The minimum absolute atomic E-state index is 0.0368. The lowest BCUT2D eigenvalue weighted by molar-refractivity contribution is 0.543. The molecule has 5 heteroatoms. The number of aryl methyl sites for hydroxylation is 1. The summed E-state index contributed by atoms with van der Waals surface area (Å²) in [6.45, 7) is 8.69. The highest BCUT2D eigenvalue weighted by Crippen LogP contribution is 2.29. The molecule has 1 heterocycles. The molecule has 25 heavy (non-hydrogen) atoms. The van der Waals surface area contributed by atoms with Crippen LogP contribution in [0.2, 0.25) is 19.6 Å². The molecule has 0 aliphatic rings. The predicted molar refractivity (Wildman–Crippen MR) is 107 cm³/mol. The van der Waals surface area contributed by atoms with Gasteiger partial charge >= 0.3 is 0 Å². The number of rotatable bonds is 5. The van der Waals surface area contributed by atoms with Crippen LogP contribution in [0.15, 0.2) is 53.8 Å². The minimum atomic E-state index is -1.65. The van der Waals surface area contributed by atoms with Crippen molar-refractivity contribution in [2.75, 3.05) is 0 Å². The Kier molecular flexibility index (Phi) is 4.77. The molecule has 3 rings (SSSR count). The largest absolute Gasteiger partial charge is 0.544 e. The van der Waals surface area contributed by atoms with Gasteiger partial charge in [-0.05, 0) is 50.3 Å². The summed E-state index contributed by atoms with van der Waals surface area (Å²) in [6.07, 6.45) is 3.76. The Morgan fingerprint density at radius 3 is 2.68 bits per heavy atom. The Morgan fingerprint density at radius 2 is 1.92 bits per heavy atom. The lowest BCUT2D eigenvalue weighted by atomic mass is 10.1. The molecule has 1 aromatic heterocycles. The maximum atomic E-state index is 6.22. The van der Waals surface area contributed by atoms with E-state index < -0.39 is 8.32 Å². The van der Waals surface area contributed by atoms with E-state index in [-0.39, 0.29) is 6.04 Å². The van der Waals surface area contributed by atoms with Crippen molar-refractivity contribution in [2.24, 2.45) is 12.0 Å². The summed E-state index contributed by atoms with van der Waals surface area (Å²) in [7, 11) is 0.350. The van der Waals surface area contributed by atoms with Gasteiger partial charge in [0, 0.05) is 18.8 Å². The number of para-hydroxylation sites is 1. The van der Waals surface area contributed by atoms with Gasteiger partial charge in [0.2, 0.25) is 8.32 Å². The average Bonchev–Trinajstić information content (AvgIpc) is 2.92. The number of imidazole rings is 1. The van der Waals surface area contributed by atoms with Crippen LogP contribution in [0.25, 0.3) is 11.0 Å². The topological polar surface area (TPSA) is 39.4 Å². The molecule has 0 saturated heterocycles. The number of hydrogen-bond donors (Lipinski definition) is 0. The van der Waals surface area contributed by atoms with Crippen LogP contribution in [-0.4, -0.2) is 24.1 Å². The Hall–Kier alpha value is -2.40. The van der Waals surface area contributed by atoms with E-state index in [1.165, 1.54) is 0 Å². The minimum Gasteiger partial charge on any atom is -0.544 e. The number of benzene rings is 2. The van der Waals surface area contributed by atoms with E-state index in [1.807, 2.05) is 48.4 Å². The van der Waals surface area contributed by atoms with E-state index in [2.05, 4.69) is 49.7 Å². The fourth-order valence-electron chi connectivity index (χ4n) is 2.75. The second-order valence-electron chi connectivity index (χ2n) is 7.31.